The van der Waals surface area contributed by atoms with Crippen LogP contribution in [0.5, 0.6) is 5.75 Å². The number of aryl methyl sites for hydroxylation is 1. The van der Waals surface area contributed by atoms with Crippen LogP contribution in [0.25, 0.3) is 0 Å². The molecule has 1 aromatic carbocycles. The Morgan fingerprint density at radius 2 is 0.971 bits per heavy atom. The highest BCUT2D eigenvalue weighted by Crippen LogP contribution is 2.15. The number of unbranched alkanes of at least 4 members (excludes halogenated alkanes) is 6. The van der Waals surface area contributed by atoms with Crippen LogP contribution in [0.4, 0.5) is 0 Å². The van der Waals surface area contributed by atoms with Gasteiger partial charge in [0.25, 0.3) is 0 Å². The van der Waals surface area contributed by atoms with Crippen LogP contribution in [-0.4, -0.2) is 78.6 Å². The molecule has 0 unspecified atom stereocenters. The molecule has 0 saturated heterocycles. The zero-order chi connectivity index (χ0) is 24.4. The summed E-state index contributed by atoms with van der Waals surface area (Å²) < 4.78 is 32.8. The molecule has 198 valence electrons. The van der Waals surface area contributed by atoms with Gasteiger partial charge in [0.1, 0.15) is 12.4 Å². The summed E-state index contributed by atoms with van der Waals surface area (Å²) >= 11 is 5.51. The number of benzene rings is 1. The van der Waals surface area contributed by atoms with Crippen molar-refractivity contribution in [2.75, 3.05) is 78.6 Å². The van der Waals surface area contributed by atoms with Crippen molar-refractivity contribution in [2.45, 2.75) is 58.3 Å². The van der Waals surface area contributed by atoms with E-state index in [9.17, 15) is 0 Å². The highest BCUT2D eigenvalue weighted by atomic mass is 35.5. The van der Waals surface area contributed by atoms with E-state index in [1.54, 1.807) is 0 Å². The number of alkyl halides is 1. The van der Waals surface area contributed by atoms with Gasteiger partial charge in [-0.25, -0.2) is 0 Å². The second-order valence-corrected chi connectivity index (χ2v) is 8.49. The summed E-state index contributed by atoms with van der Waals surface area (Å²) in [6.45, 7) is 8.31. The first-order valence-corrected chi connectivity index (χ1v) is 13.6. The maximum Gasteiger partial charge on any atom is 0.119 e. The van der Waals surface area contributed by atoms with Crippen LogP contribution in [0.2, 0.25) is 0 Å². The Morgan fingerprint density at radius 3 is 1.47 bits per heavy atom. The SMILES string of the molecule is CCCCCCCCCc1ccc(OCCOCCOCCOCCOCCOCCCl)cc1. The van der Waals surface area contributed by atoms with Crippen molar-refractivity contribution in [3.63, 3.8) is 0 Å². The molecule has 0 aliphatic rings. The van der Waals surface area contributed by atoms with Gasteiger partial charge in [0.2, 0.25) is 0 Å². The van der Waals surface area contributed by atoms with E-state index in [1.165, 1.54) is 50.5 Å². The van der Waals surface area contributed by atoms with Crippen LogP contribution in [0.15, 0.2) is 24.3 Å². The van der Waals surface area contributed by atoms with Gasteiger partial charge in [0.05, 0.1) is 66.1 Å². The summed E-state index contributed by atoms with van der Waals surface area (Å²) in [7, 11) is 0. The summed E-state index contributed by atoms with van der Waals surface area (Å²) in [5.41, 5.74) is 1.39. The maximum absolute atomic E-state index is 5.75. The molecule has 0 spiro atoms. The van der Waals surface area contributed by atoms with Crippen molar-refractivity contribution >= 4 is 11.6 Å². The topological polar surface area (TPSA) is 55.4 Å². The largest absolute Gasteiger partial charge is 0.491 e. The van der Waals surface area contributed by atoms with Gasteiger partial charge in [0, 0.05) is 5.88 Å². The standard InChI is InChI=1S/C27H47ClO6/c1-2-3-4-5-6-7-8-9-26-10-12-27(13-11-26)34-25-24-33-23-22-32-21-20-31-19-18-30-17-16-29-15-14-28/h10-13H,2-9,14-25H2,1H3. The molecule has 0 aromatic heterocycles. The summed E-state index contributed by atoms with van der Waals surface area (Å²) in [6.07, 6.45) is 10.6. The molecule has 0 aliphatic heterocycles. The highest BCUT2D eigenvalue weighted by molar-refractivity contribution is 6.17. The van der Waals surface area contributed by atoms with Gasteiger partial charge in [-0.15, -0.1) is 11.6 Å². The van der Waals surface area contributed by atoms with Crippen LogP contribution in [0.3, 0.4) is 0 Å². The minimum Gasteiger partial charge on any atom is -0.491 e. The lowest BCUT2D eigenvalue weighted by molar-refractivity contribution is -0.0118. The van der Waals surface area contributed by atoms with Gasteiger partial charge in [-0.2, -0.15) is 0 Å². The van der Waals surface area contributed by atoms with Crippen LogP contribution >= 0.6 is 11.6 Å². The molecule has 6 nitrogen and oxygen atoms in total. The Labute approximate surface area is 212 Å². The van der Waals surface area contributed by atoms with E-state index >= 15 is 0 Å². The van der Waals surface area contributed by atoms with Crippen molar-refractivity contribution in [1.29, 1.82) is 0 Å². The third kappa shape index (κ3) is 20.5. The fourth-order valence-electron chi connectivity index (χ4n) is 3.29. The van der Waals surface area contributed by atoms with Gasteiger partial charge in [-0.1, -0.05) is 57.6 Å². The van der Waals surface area contributed by atoms with E-state index in [-0.39, 0.29) is 0 Å². The molecule has 1 aromatic rings. The molecule has 7 heteroatoms. The van der Waals surface area contributed by atoms with Gasteiger partial charge in [0.15, 0.2) is 0 Å². The quantitative estimate of drug-likeness (QED) is 0.120. The van der Waals surface area contributed by atoms with E-state index < -0.39 is 0 Å². The molecule has 0 heterocycles. The zero-order valence-electron chi connectivity index (χ0n) is 21.3. The Bertz CT molecular complexity index is 528. The molecule has 0 fully saturated rings. The van der Waals surface area contributed by atoms with Crippen molar-refractivity contribution < 1.29 is 28.4 Å². The first-order valence-electron chi connectivity index (χ1n) is 13.0. The smallest absolute Gasteiger partial charge is 0.119 e. The van der Waals surface area contributed by atoms with E-state index in [0.717, 1.165) is 12.2 Å². The fraction of sp³-hybridized carbons (Fsp3) is 0.778. The summed E-state index contributed by atoms with van der Waals surface area (Å²) in [6, 6.07) is 8.46. The third-order valence-electron chi connectivity index (χ3n) is 5.20. The van der Waals surface area contributed by atoms with Crippen molar-refractivity contribution in [1.82, 2.24) is 0 Å². The van der Waals surface area contributed by atoms with Crippen LogP contribution in [0.1, 0.15) is 57.4 Å². The Morgan fingerprint density at radius 1 is 0.529 bits per heavy atom. The van der Waals surface area contributed by atoms with Crippen molar-refractivity contribution in [3.05, 3.63) is 29.8 Å². The van der Waals surface area contributed by atoms with E-state index in [0.29, 0.717) is 78.6 Å². The fourth-order valence-corrected chi connectivity index (χ4v) is 3.40. The Balaban J connectivity index is 1.83. The Hall–Kier alpha value is -0.890. The predicted octanol–water partition coefficient (Wildman–Crippen LogP) is 5.68. The first kappa shape index (κ1) is 31.1. The van der Waals surface area contributed by atoms with Crippen LogP contribution < -0.4 is 4.74 Å². The average Bonchev–Trinajstić information content (AvgIpc) is 2.86. The normalized spacial score (nSPS) is 11.2. The zero-order valence-corrected chi connectivity index (χ0v) is 22.0. The molecule has 0 aliphatic carbocycles. The summed E-state index contributed by atoms with van der Waals surface area (Å²) in [5, 5.41) is 0. The van der Waals surface area contributed by atoms with Gasteiger partial charge in [-0.3, -0.25) is 0 Å². The lowest BCUT2D eigenvalue weighted by Gasteiger charge is -2.09. The monoisotopic (exact) mass is 502 g/mol. The van der Waals surface area contributed by atoms with Crippen LogP contribution in [0, 0.1) is 0 Å². The van der Waals surface area contributed by atoms with Gasteiger partial charge in [-0.05, 0) is 30.5 Å². The second kappa shape index (κ2) is 25.2. The predicted molar refractivity (Wildman–Crippen MR) is 138 cm³/mol. The number of hydrogen-bond donors (Lipinski definition) is 0. The summed E-state index contributed by atoms with van der Waals surface area (Å²) in [4.78, 5) is 0. The van der Waals surface area contributed by atoms with Gasteiger partial charge >= 0.3 is 0 Å². The van der Waals surface area contributed by atoms with Gasteiger partial charge < -0.3 is 28.4 Å². The lowest BCUT2D eigenvalue weighted by atomic mass is 10.0. The average molecular weight is 503 g/mol. The molecular formula is C27H47ClO6. The molecule has 0 bridgehead atoms. The number of rotatable bonds is 26. The molecule has 34 heavy (non-hydrogen) atoms. The van der Waals surface area contributed by atoms with E-state index in [2.05, 4.69) is 31.2 Å². The minimum atomic E-state index is 0.510. The van der Waals surface area contributed by atoms with E-state index in [4.69, 9.17) is 40.0 Å². The molecule has 0 amide bonds. The Kier molecular flexibility index (Phi) is 23.1. The number of ether oxygens (including phenoxy) is 6. The molecule has 0 saturated carbocycles. The molecule has 0 atom stereocenters. The molecular weight excluding hydrogens is 456 g/mol. The van der Waals surface area contributed by atoms with Crippen LogP contribution in [-0.2, 0) is 30.1 Å². The molecule has 0 N–H and O–H groups in total. The van der Waals surface area contributed by atoms with Crippen molar-refractivity contribution in [3.8, 4) is 5.75 Å². The second-order valence-electron chi connectivity index (χ2n) is 8.11. The first-order chi connectivity index (χ1) is 16.9. The maximum atomic E-state index is 5.75. The third-order valence-corrected chi connectivity index (χ3v) is 5.35. The minimum absolute atomic E-state index is 0.510. The number of hydrogen-bond acceptors (Lipinski definition) is 6. The highest BCUT2D eigenvalue weighted by Gasteiger charge is 1.98. The summed E-state index contributed by atoms with van der Waals surface area (Å²) in [5.74, 6) is 1.41. The van der Waals surface area contributed by atoms with E-state index in [1.807, 2.05) is 0 Å². The van der Waals surface area contributed by atoms with Crippen molar-refractivity contribution in [2.24, 2.45) is 0 Å². The molecule has 1 rings (SSSR count). The molecule has 0 radical (unpaired) electrons. The number of halogens is 1. The lowest BCUT2D eigenvalue weighted by Crippen LogP contribution is -2.14.